The number of carbonyl (C=O) groups excluding carboxylic acids is 1. The first kappa shape index (κ1) is 15.4. The summed E-state index contributed by atoms with van der Waals surface area (Å²) in [6.45, 7) is 5.90. The van der Waals surface area contributed by atoms with E-state index in [0.29, 0.717) is 12.3 Å². The summed E-state index contributed by atoms with van der Waals surface area (Å²) >= 11 is 1.56. The van der Waals surface area contributed by atoms with Crippen molar-refractivity contribution in [3.05, 3.63) is 45.7 Å². The number of rotatable bonds is 5. The molecular weight excluding hydrogens is 291 g/mol. The predicted molar refractivity (Wildman–Crippen MR) is 79.9 cm³/mol. The maximum atomic E-state index is 13.0. The Hall–Kier alpha value is -1.95. The molecule has 0 radical (unpaired) electrons. The maximum Gasteiger partial charge on any atom is 0.261 e. The molecule has 1 unspecified atom stereocenters. The average molecular weight is 308 g/mol. The highest BCUT2D eigenvalue weighted by atomic mass is 32.1. The molecule has 1 aromatic heterocycles. The highest BCUT2D eigenvalue weighted by Gasteiger charge is 2.15. The highest BCUT2D eigenvalue weighted by molar-refractivity contribution is 7.11. The molecular formula is C15H17FN2O2S. The molecule has 0 aliphatic carbocycles. The number of hydrogen-bond acceptors (Lipinski definition) is 4. The number of benzene rings is 1. The van der Waals surface area contributed by atoms with E-state index in [0.717, 1.165) is 15.6 Å². The van der Waals surface area contributed by atoms with Crippen molar-refractivity contribution in [3.8, 4) is 5.75 Å². The van der Waals surface area contributed by atoms with Crippen molar-refractivity contribution in [2.45, 2.75) is 33.4 Å². The molecule has 0 fully saturated rings. The summed E-state index contributed by atoms with van der Waals surface area (Å²) in [4.78, 5) is 17.3. The maximum absolute atomic E-state index is 13.0. The number of amides is 1. The van der Waals surface area contributed by atoms with Gasteiger partial charge in [-0.1, -0.05) is 6.07 Å². The minimum absolute atomic E-state index is 0.246. The highest BCUT2D eigenvalue weighted by Crippen LogP contribution is 2.17. The molecule has 0 saturated heterocycles. The van der Waals surface area contributed by atoms with E-state index in [2.05, 4.69) is 10.3 Å². The quantitative estimate of drug-likeness (QED) is 0.924. The zero-order valence-electron chi connectivity index (χ0n) is 12.1. The first-order valence-electron chi connectivity index (χ1n) is 6.58. The normalized spacial score (nSPS) is 12.0. The van der Waals surface area contributed by atoms with Crippen LogP contribution in [0.5, 0.6) is 5.75 Å². The molecule has 1 N–H and O–H groups in total. The third-order valence-electron chi connectivity index (χ3n) is 2.90. The molecule has 0 aliphatic heterocycles. The molecule has 1 heterocycles. The standard InChI is InChI=1S/C15H17FN2O2S/c1-9-14(21-11(3)18-9)8-17-15(19)10(2)20-13-6-4-5-12(16)7-13/h4-7,10H,8H2,1-3H3,(H,17,19). The van der Waals surface area contributed by atoms with Gasteiger partial charge in [0.2, 0.25) is 0 Å². The van der Waals surface area contributed by atoms with Crippen LogP contribution < -0.4 is 10.1 Å². The van der Waals surface area contributed by atoms with Gasteiger partial charge in [0.1, 0.15) is 11.6 Å². The van der Waals surface area contributed by atoms with Gasteiger partial charge in [0.25, 0.3) is 5.91 Å². The number of aromatic nitrogens is 1. The fourth-order valence-electron chi connectivity index (χ4n) is 1.85. The second kappa shape index (κ2) is 6.67. The van der Waals surface area contributed by atoms with Crippen molar-refractivity contribution in [1.29, 1.82) is 0 Å². The van der Waals surface area contributed by atoms with E-state index in [1.807, 2.05) is 13.8 Å². The van der Waals surface area contributed by atoms with Crippen molar-refractivity contribution in [3.63, 3.8) is 0 Å². The largest absolute Gasteiger partial charge is 0.481 e. The molecule has 2 rings (SSSR count). The molecule has 1 aromatic carbocycles. The van der Waals surface area contributed by atoms with E-state index in [1.54, 1.807) is 30.4 Å². The molecule has 0 bridgehead atoms. The Labute approximate surface area is 127 Å². The van der Waals surface area contributed by atoms with E-state index in [4.69, 9.17) is 4.74 Å². The minimum atomic E-state index is -0.693. The first-order valence-corrected chi connectivity index (χ1v) is 7.40. The Kier molecular flexibility index (Phi) is 4.90. The van der Waals surface area contributed by atoms with Crippen LogP contribution in [0.25, 0.3) is 0 Å². The topological polar surface area (TPSA) is 51.2 Å². The van der Waals surface area contributed by atoms with Crippen LogP contribution in [0.3, 0.4) is 0 Å². The van der Waals surface area contributed by atoms with Crippen LogP contribution in [0.4, 0.5) is 4.39 Å². The summed E-state index contributed by atoms with van der Waals surface area (Å²) in [7, 11) is 0. The van der Waals surface area contributed by atoms with E-state index >= 15 is 0 Å². The molecule has 0 saturated carbocycles. The summed E-state index contributed by atoms with van der Waals surface area (Å²) in [6, 6.07) is 5.73. The van der Waals surface area contributed by atoms with Gasteiger partial charge in [-0.2, -0.15) is 0 Å². The smallest absolute Gasteiger partial charge is 0.261 e. The molecule has 0 spiro atoms. The van der Waals surface area contributed by atoms with Crippen molar-refractivity contribution < 1.29 is 13.9 Å². The SMILES string of the molecule is Cc1nc(C)c(CNC(=O)C(C)Oc2cccc(F)c2)s1. The number of aryl methyl sites for hydroxylation is 2. The lowest BCUT2D eigenvalue weighted by Crippen LogP contribution is -2.35. The Bertz CT molecular complexity index is 642. The Morgan fingerprint density at radius 1 is 1.48 bits per heavy atom. The molecule has 4 nitrogen and oxygen atoms in total. The van der Waals surface area contributed by atoms with Crippen LogP contribution in [0.15, 0.2) is 24.3 Å². The monoisotopic (exact) mass is 308 g/mol. The molecule has 6 heteroatoms. The summed E-state index contributed by atoms with van der Waals surface area (Å²) in [5.41, 5.74) is 0.927. The summed E-state index contributed by atoms with van der Waals surface area (Å²) in [5, 5.41) is 3.77. The van der Waals surface area contributed by atoms with Gasteiger partial charge < -0.3 is 10.1 Å². The lowest BCUT2D eigenvalue weighted by Gasteiger charge is -2.14. The van der Waals surface area contributed by atoms with E-state index in [-0.39, 0.29) is 5.91 Å². The van der Waals surface area contributed by atoms with Crippen molar-refractivity contribution in [2.24, 2.45) is 0 Å². The summed E-state index contributed by atoms with van der Waals surface area (Å²) < 4.78 is 18.5. The van der Waals surface area contributed by atoms with Gasteiger partial charge in [-0.3, -0.25) is 4.79 Å². The lowest BCUT2D eigenvalue weighted by atomic mass is 10.3. The average Bonchev–Trinajstić information content (AvgIpc) is 2.74. The zero-order chi connectivity index (χ0) is 15.4. The fourth-order valence-corrected chi connectivity index (χ4v) is 2.72. The van der Waals surface area contributed by atoms with Gasteiger partial charge in [-0.05, 0) is 32.9 Å². The number of ether oxygens (including phenoxy) is 1. The van der Waals surface area contributed by atoms with Gasteiger partial charge >= 0.3 is 0 Å². The van der Waals surface area contributed by atoms with Crippen LogP contribution in [0.2, 0.25) is 0 Å². The molecule has 1 atom stereocenters. The first-order chi connectivity index (χ1) is 9.95. The Morgan fingerprint density at radius 2 is 2.24 bits per heavy atom. The molecule has 112 valence electrons. The number of nitrogens with one attached hydrogen (secondary N) is 1. The third-order valence-corrected chi connectivity index (χ3v) is 3.97. The zero-order valence-corrected chi connectivity index (χ0v) is 13.0. The van der Waals surface area contributed by atoms with Crippen molar-refractivity contribution in [2.75, 3.05) is 0 Å². The van der Waals surface area contributed by atoms with Gasteiger partial charge in [0, 0.05) is 10.9 Å². The van der Waals surface area contributed by atoms with Crippen molar-refractivity contribution in [1.82, 2.24) is 10.3 Å². The van der Waals surface area contributed by atoms with Gasteiger partial charge in [0.15, 0.2) is 6.10 Å². The van der Waals surface area contributed by atoms with E-state index < -0.39 is 11.9 Å². The second-order valence-corrected chi connectivity index (χ2v) is 5.96. The van der Waals surface area contributed by atoms with Gasteiger partial charge in [-0.25, -0.2) is 9.37 Å². The summed E-state index contributed by atoms with van der Waals surface area (Å²) in [6.07, 6.45) is -0.693. The Balaban J connectivity index is 1.89. The number of halogens is 1. The van der Waals surface area contributed by atoms with Crippen LogP contribution in [0, 0.1) is 19.7 Å². The minimum Gasteiger partial charge on any atom is -0.481 e. The Morgan fingerprint density at radius 3 is 2.86 bits per heavy atom. The number of nitrogens with zero attached hydrogens (tertiary/aromatic N) is 1. The molecule has 0 aliphatic rings. The van der Waals surface area contributed by atoms with E-state index in [9.17, 15) is 9.18 Å². The second-order valence-electron chi connectivity index (χ2n) is 4.68. The van der Waals surface area contributed by atoms with Gasteiger partial charge in [-0.15, -0.1) is 11.3 Å². The molecule has 21 heavy (non-hydrogen) atoms. The van der Waals surface area contributed by atoms with Crippen LogP contribution in [-0.2, 0) is 11.3 Å². The predicted octanol–water partition coefficient (Wildman–Crippen LogP) is 2.98. The van der Waals surface area contributed by atoms with Gasteiger partial charge in [0.05, 0.1) is 17.2 Å². The number of thiazole rings is 1. The molecule has 1 amide bonds. The lowest BCUT2D eigenvalue weighted by molar-refractivity contribution is -0.127. The number of carbonyl (C=O) groups is 1. The number of hydrogen-bond donors (Lipinski definition) is 1. The summed E-state index contributed by atoms with van der Waals surface area (Å²) in [5.74, 6) is -0.303. The van der Waals surface area contributed by atoms with E-state index in [1.165, 1.54) is 12.1 Å². The third kappa shape index (κ3) is 4.26. The van der Waals surface area contributed by atoms with Crippen molar-refractivity contribution >= 4 is 17.2 Å². The fraction of sp³-hybridized carbons (Fsp3) is 0.333. The van der Waals surface area contributed by atoms with Crippen LogP contribution >= 0.6 is 11.3 Å². The van der Waals surface area contributed by atoms with Crippen LogP contribution in [-0.4, -0.2) is 17.0 Å². The van der Waals surface area contributed by atoms with Crippen LogP contribution in [0.1, 0.15) is 22.5 Å². The molecule has 2 aromatic rings.